The predicted octanol–water partition coefficient (Wildman–Crippen LogP) is 2.42. The first kappa shape index (κ1) is 22.2. The number of piperidine rings is 1. The zero-order valence-electron chi connectivity index (χ0n) is 17.4. The summed E-state index contributed by atoms with van der Waals surface area (Å²) in [7, 11) is -2.18. The number of rotatable bonds is 8. The highest BCUT2D eigenvalue weighted by Gasteiger charge is 2.34. The Morgan fingerprint density at radius 1 is 1.30 bits per heavy atom. The molecule has 0 aliphatic carbocycles. The molecule has 10 heteroatoms. The smallest absolute Gasteiger partial charge is 0.310 e. The third kappa shape index (κ3) is 5.37. The van der Waals surface area contributed by atoms with E-state index in [1.807, 2.05) is 13.8 Å². The van der Waals surface area contributed by atoms with Gasteiger partial charge in [0.1, 0.15) is 5.75 Å². The molecule has 2 heterocycles. The summed E-state index contributed by atoms with van der Waals surface area (Å²) in [6.07, 6.45) is 1.82. The highest BCUT2D eigenvalue weighted by Crippen LogP contribution is 2.26. The quantitative estimate of drug-likeness (QED) is 0.579. The van der Waals surface area contributed by atoms with E-state index in [0.717, 1.165) is 0 Å². The Labute approximate surface area is 176 Å². The minimum Gasteiger partial charge on any atom is -0.497 e. The molecule has 1 aromatic carbocycles. The largest absolute Gasteiger partial charge is 0.497 e. The zero-order valence-corrected chi connectivity index (χ0v) is 18.2. The highest BCUT2D eigenvalue weighted by atomic mass is 32.2. The van der Waals surface area contributed by atoms with Crippen LogP contribution >= 0.6 is 0 Å². The summed E-state index contributed by atoms with van der Waals surface area (Å²) in [5.41, 5.74) is 0. The third-order valence-electron chi connectivity index (χ3n) is 4.85. The molecule has 164 valence electrons. The van der Waals surface area contributed by atoms with Crippen LogP contribution in [0.5, 0.6) is 5.75 Å². The van der Waals surface area contributed by atoms with Gasteiger partial charge in [0.05, 0.1) is 17.9 Å². The maximum Gasteiger partial charge on any atom is 0.310 e. The molecule has 1 saturated heterocycles. The molecule has 0 spiro atoms. The van der Waals surface area contributed by atoms with E-state index in [1.165, 1.54) is 23.5 Å². The topological polar surface area (TPSA) is 112 Å². The van der Waals surface area contributed by atoms with Crippen molar-refractivity contribution in [1.29, 1.82) is 0 Å². The van der Waals surface area contributed by atoms with Crippen molar-refractivity contribution in [2.75, 3.05) is 20.2 Å². The van der Waals surface area contributed by atoms with Gasteiger partial charge in [0.25, 0.3) is 5.89 Å². The van der Waals surface area contributed by atoms with Crippen LogP contribution in [0, 0.1) is 11.8 Å². The summed E-state index contributed by atoms with van der Waals surface area (Å²) in [6.45, 7) is 4.41. The van der Waals surface area contributed by atoms with Crippen molar-refractivity contribution in [1.82, 2.24) is 14.4 Å². The number of nitrogens with zero attached hydrogens (tertiary/aromatic N) is 3. The Hall–Kier alpha value is -2.46. The van der Waals surface area contributed by atoms with Crippen molar-refractivity contribution in [2.24, 2.45) is 11.8 Å². The lowest BCUT2D eigenvalue weighted by atomic mass is 10.0. The Morgan fingerprint density at radius 2 is 2.03 bits per heavy atom. The number of hydrogen-bond donors (Lipinski definition) is 0. The van der Waals surface area contributed by atoms with Crippen LogP contribution in [0.25, 0.3) is 0 Å². The highest BCUT2D eigenvalue weighted by molar-refractivity contribution is 7.89. The molecular weight excluding hydrogens is 410 g/mol. The fourth-order valence-corrected chi connectivity index (χ4v) is 4.82. The van der Waals surface area contributed by atoms with Crippen LogP contribution in [0.4, 0.5) is 0 Å². The van der Waals surface area contributed by atoms with Crippen molar-refractivity contribution in [3.05, 3.63) is 36.0 Å². The van der Waals surface area contributed by atoms with Gasteiger partial charge in [-0.1, -0.05) is 19.0 Å². The molecule has 1 fully saturated rings. The van der Waals surface area contributed by atoms with Gasteiger partial charge in [0.2, 0.25) is 10.0 Å². The van der Waals surface area contributed by atoms with Gasteiger partial charge in [-0.3, -0.25) is 4.79 Å². The first-order valence-corrected chi connectivity index (χ1v) is 11.4. The van der Waals surface area contributed by atoms with E-state index < -0.39 is 21.9 Å². The lowest BCUT2D eigenvalue weighted by Crippen LogP contribution is -2.42. The normalized spacial score (nSPS) is 17.8. The first-order chi connectivity index (χ1) is 14.3. The molecule has 3 rings (SSSR count). The van der Waals surface area contributed by atoms with Crippen LogP contribution in [0.2, 0.25) is 0 Å². The number of sulfonamides is 1. The van der Waals surface area contributed by atoms with E-state index in [9.17, 15) is 13.2 Å². The average molecular weight is 438 g/mol. The summed E-state index contributed by atoms with van der Waals surface area (Å²) in [4.78, 5) is 16.9. The molecule has 1 unspecified atom stereocenters. The number of hydrogen-bond acceptors (Lipinski definition) is 8. The van der Waals surface area contributed by atoms with Crippen molar-refractivity contribution < 1.29 is 27.2 Å². The van der Waals surface area contributed by atoms with Crippen molar-refractivity contribution in [3.8, 4) is 5.75 Å². The summed E-state index contributed by atoms with van der Waals surface area (Å²) in [5.74, 6) is 0.770. The predicted molar refractivity (Wildman–Crippen MR) is 107 cm³/mol. The van der Waals surface area contributed by atoms with Gasteiger partial charge in [-0.05, 0) is 43.0 Å². The van der Waals surface area contributed by atoms with Crippen molar-refractivity contribution >= 4 is 16.0 Å². The second-order valence-electron chi connectivity index (χ2n) is 7.69. The SMILES string of the molecule is COc1ccc(S(=O)(=O)N2CCCC(C(=O)OCc3nc(CC(C)C)no3)C2)cc1. The molecule has 30 heavy (non-hydrogen) atoms. The molecule has 2 aromatic rings. The Kier molecular flexibility index (Phi) is 7.09. The summed E-state index contributed by atoms with van der Waals surface area (Å²) < 4.78 is 42.7. The number of aromatic nitrogens is 2. The van der Waals surface area contributed by atoms with E-state index in [4.69, 9.17) is 14.0 Å². The zero-order chi connectivity index (χ0) is 21.7. The van der Waals surface area contributed by atoms with Gasteiger partial charge >= 0.3 is 5.97 Å². The van der Waals surface area contributed by atoms with Crippen LogP contribution < -0.4 is 4.74 Å². The fraction of sp³-hybridized carbons (Fsp3) is 0.550. The summed E-state index contributed by atoms with van der Waals surface area (Å²) in [5, 5.41) is 3.86. The summed E-state index contributed by atoms with van der Waals surface area (Å²) in [6, 6.07) is 6.20. The molecular formula is C20H27N3O6S. The van der Waals surface area contributed by atoms with E-state index in [0.29, 0.717) is 43.3 Å². The monoisotopic (exact) mass is 437 g/mol. The van der Waals surface area contributed by atoms with E-state index in [-0.39, 0.29) is 23.9 Å². The molecule has 0 N–H and O–H groups in total. The molecule has 0 saturated carbocycles. The van der Waals surface area contributed by atoms with Crippen LogP contribution in [0.1, 0.15) is 38.4 Å². The maximum atomic E-state index is 12.9. The average Bonchev–Trinajstić information content (AvgIpc) is 3.18. The number of methoxy groups -OCH3 is 1. The Balaban J connectivity index is 1.59. The molecule has 1 aliphatic heterocycles. The molecule has 1 aliphatic rings. The van der Waals surface area contributed by atoms with Gasteiger partial charge in [-0.15, -0.1) is 0 Å². The van der Waals surface area contributed by atoms with Crippen LogP contribution in [-0.4, -0.2) is 49.0 Å². The van der Waals surface area contributed by atoms with Gasteiger partial charge in [-0.25, -0.2) is 8.42 Å². The van der Waals surface area contributed by atoms with E-state index in [1.54, 1.807) is 12.1 Å². The first-order valence-electron chi connectivity index (χ1n) is 9.92. The molecule has 0 radical (unpaired) electrons. The van der Waals surface area contributed by atoms with Gasteiger partial charge in [-0.2, -0.15) is 9.29 Å². The second-order valence-corrected chi connectivity index (χ2v) is 9.63. The number of benzene rings is 1. The summed E-state index contributed by atoms with van der Waals surface area (Å²) >= 11 is 0. The molecule has 0 amide bonds. The van der Waals surface area contributed by atoms with Gasteiger partial charge < -0.3 is 14.0 Å². The van der Waals surface area contributed by atoms with Gasteiger partial charge in [0, 0.05) is 19.5 Å². The minimum atomic E-state index is -3.70. The standard InChI is InChI=1S/C20H27N3O6S/c1-14(2)11-18-21-19(29-22-18)13-28-20(24)15-5-4-10-23(12-15)30(25,26)17-8-6-16(27-3)7-9-17/h6-9,14-15H,4-5,10-13H2,1-3H3. The van der Waals surface area contributed by atoms with Crippen LogP contribution in [0.15, 0.2) is 33.7 Å². The number of carbonyl (C=O) groups is 1. The van der Waals surface area contributed by atoms with Crippen molar-refractivity contribution in [2.45, 2.75) is 44.6 Å². The lowest BCUT2D eigenvalue weighted by Gasteiger charge is -2.30. The number of esters is 1. The minimum absolute atomic E-state index is 0.0790. The van der Waals surface area contributed by atoms with Crippen molar-refractivity contribution in [3.63, 3.8) is 0 Å². The second kappa shape index (κ2) is 9.57. The number of ether oxygens (including phenoxy) is 2. The molecule has 0 bridgehead atoms. The Bertz CT molecular complexity index is 955. The van der Waals surface area contributed by atoms with Crippen LogP contribution in [-0.2, 0) is 32.6 Å². The number of carbonyl (C=O) groups excluding carboxylic acids is 1. The maximum absolute atomic E-state index is 12.9. The molecule has 1 aromatic heterocycles. The van der Waals surface area contributed by atoms with Gasteiger partial charge in [0.15, 0.2) is 12.4 Å². The molecule has 9 nitrogen and oxygen atoms in total. The lowest BCUT2D eigenvalue weighted by molar-refractivity contribution is -0.151. The molecule has 1 atom stereocenters. The van der Waals surface area contributed by atoms with E-state index >= 15 is 0 Å². The van der Waals surface area contributed by atoms with E-state index in [2.05, 4.69) is 10.1 Å². The van der Waals surface area contributed by atoms with Crippen LogP contribution in [0.3, 0.4) is 0 Å². The fourth-order valence-electron chi connectivity index (χ4n) is 3.30. The Morgan fingerprint density at radius 3 is 2.70 bits per heavy atom. The third-order valence-corrected chi connectivity index (χ3v) is 6.73.